The molecule has 0 bridgehead atoms. The van der Waals surface area contributed by atoms with Crippen molar-refractivity contribution in [3.8, 4) is 0 Å². The molecule has 0 radical (unpaired) electrons. The molecule has 0 atom stereocenters. The van der Waals surface area contributed by atoms with Crippen LogP contribution in [0.3, 0.4) is 0 Å². The van der Waals surface area contributed by atoms with E-state index in [4.69, 9.17) is 4.74 Å². The number of methoxy groups -OCH3 is 1. The van der Waals surface area contributed by atoms with Gasteiger partial charge in [0.25, 0.3) is 10.0 Å². The van der Waals surface area contributed by atoms with Crippen LogP contribution in [0.15, 0.2) is 71.8 Å². The third kappa shape index (κ3) is 4.39. The summed E-state index contributed by atoms with van der Waals surface area (Å²) >= 11 is 0. The molecular weight excluding hydrogens is 443 g/mol. The highest BCUT2D eigenvalue weighted by Crippen LogP contribution is 2.28. The summed E-state index contributed by atoms with van der Waals surface area (Å²) in [6.45, 7) is 4.07. The minimum absolute atomic E-state index is 0.123. The van der Waals surface area contributed by atoms with Gasteiger partial charge in [-0.15, -0.1) is 0 Å². The Labute approximate surface area is 191 Å². The van der Waals surface area contributed by atoms with Crippen LogP contribution in [0.2, 0.25) is 0 Å². The molecule has 0 saturated heterocycles. The van der Waals surface area contributed by atoms with Crippen LogP contribution in [0, 0.1) is 5.82 Å². The molecule has 4 rings (SSSR count). The SMILES string of the molecule is COC(=O)c1ccc(Cc2cc3cc(F)cnc3n2S(=O)(=O)c2ccc(C(C)C)cc2)cc1. The summed E-state index contributed by atoms with van der Waals surface area (Å²) in [5.41, 5.74) is 2.78. The molecule has 0 saturated carbocycles. The first-order valence-electron chi connectivity index (χ1n) is 10.4. The number of carbonyl (C=O) groups is 1. The van der Waals surface area contributed by atoms with Crippen LogP contribution < -0.4 is 0 Å². The summed E-state index contributed by atoms with van der Waals surface area (Å²) < 4.78 is 47.0. The monoisotopic (exact) mass is 466 g/mol. The van der Waals surface area contributed by atoms with Crippen LogP contribution in [0.4, 0.5) is 4.39 Å². The predicted octanol–water partition coefficient (Wildman–Crippen LogP) is 4.91. The van der Waals surface area contributed by atoms with Crippen LogP contribution in [-0.4, -0.2) is 30.5 Å². The predicted molar refractivity (Wildman–Crippen MR) is 123 cm³/mol. The fourth-order valence-electron chi connectivity index (χ4n) is 3.70. The van der Waals surface area contributed by atoms with E-state index in [9.17, 15) is 17.6 Å². The zero-order valence-electron chi connectivity index (χ0n) is 18.4. The quantitative estimate of drug-likeness (QED) is 0.377. The second kappa shape index (κ2) is 8.78. The van der Waals surface area contributed by atoms with E-state index in [1.165, 1.54) is 17.1 Å². The molecule has 2 heterocycles. The van der Waals surface area contributed by atoms with Crippen molar-refractivity contribution < 1.29 is 22.3 Å². The lowest BCUT2D eigenvalue weighted by Gasteiger charge is -2.13. The number of ether oxygens (including phenoxy) is 1. The van der Waals surface area contributed by atoms with Crippen molar-refractivity contribution in [1.82, 2.24) is 8.96 Å². The molecule has 0 aliphatic rings. The Bertz CT molecular complexity index is 1420. The van der Waals surface area contributed by atoms with Crippen molar-refractivity contribution in [2.75, 3.05) is 7.11 Å². The molecule has 0 amide bonds. The molecule has 4 aromatic rings. The molecule has 0 spiro atoms. The number of esters is 1. The van der Waals surface area contributed by atoms with E-state index in [0.717, 1.165) is 17.3 Å². The first-order valence-corrected chi connectivity index (χ1v) is 11.8. The van der Waals surface area contributed by atoms with E-state index in [-0.39, 0.29) is 22.9 Å². The molecule has 0 aliphatic carbocycles. The number of fused-ring (bicyclic) bond motifs is 1. The van der Waals surface area contributed by atoms with Crippen LogP contribution in [0.25, 0.3) is 11.0 Å². The summed E-state index contributed by atoms with van der Waals surface area (Å²) in [6, 6.07) is 16.3. The zero-order chi connectivity index (χ0) is 23.8. The zero-order valence-corrected chi connectivity index (χ0v) is 19.3. The first-order chi connectivity index (χ1) is 15.7. The Morgan fingerprint density at radius 2 is 1.73 bits per heavy atom. The van der Waals surface area contributed by atoms with Crippen molar-refractivity contribution in [3.63, 3.8) is 0 Å². The average molecular weight is 467 g/mol. The minimum atomic E-state index is -4.00. The van der Waals surface area contributed by atoms with Crippen LogP contribution in [-0.2, 0) is 21.2 Å². The van der Waals surface area contributed by atoms with Gasteiger partial charge in [-0.25, -0.2) is 26.6 Å². The van der Waals surface area contributed by atoms with Crippen LogP contribution >= 0.6 is 0 Å². The van der Waals surface area contributed by atoms with Gasteiger partial charge in [0.2, 0.25) is 0 Å². The molecule has 33 heavy (non-hydrogen) atoms. The summed E-state index contributed by atoms with van der Waals surface area (Å²) in [6.07, 6.45) is 1.24. The van der Waals surface area contributed by atoms with E-state index in [1.807, 2.05) is 13.8 Å². The van der Waals surface area contributed by atoms with Crippen molar-refractivity contribution >= 4 is 27.0 Å². The number of aromatic nitrogens is 2. The van der Waals surface area contributed by atoms with Crippen LogP contribution in [0.5, 0.6) is 0 Å². The van der Waals surface area contributed by atoms with Crippen molar-refractivity contribution in [2.24, 2.45) is 0 Å². The number of pyridine rings is 1. The van der Waals surface area contributed by atoms with Gasteiger partial charge in [0.1, 0.15) is 5.82 Å². The van der Waals surface area contributed by atoms with Gasteiger partial charge < -0.3 is 4.74 Å². The smallest absolute Gasteiger partial charge is 0.337 e. The van der Waals surface area contributed by atoms with E-state index >= 15 is 0 Å². The summed E-state index contributed by atoms with van der Waals surface area (Å²) in [4.78, 5) is 15.9. The topological polar surface area (TPSA) is 78.3 Å². The molecule has 0 aliphatic heterocycles. The Hall–Kier alpha value is -3.52. The van der Waals surface area contributed by atoms with E-state index in [1.54, 1.807) is 54.6 Å². The number of benzene rings is 2. The fraction of sp³-hybridized carbons (Fsp3) is 0.200. The largest absolute Gasteiger partial charge is 0.465 e. The van der Waals surface area contributed by atoms with E-state index in [0.29, 0.717) is 16.6 Å². The molecule has 0 N–H and O–H groups in total. The molecule has 2 aromatic carbocycles. The van der Waals surface area contributed by atoms with E-state index < -0.39 is 21.8 Å². The van der Waals surface area contributed by atoms with Gasteiger partial charge in [0.15, 0.2) is 5.65 Å². The molecule has 6 nitrogen and oxygen atoms in total. The molecule has 2 aromatic heterocycles. The van der Waals surface area contributed by atoms with Crippen molar-refractivity contribution in [3.05, 3.63) is 95.1 Å². The lowest BCUT2D eigenvalue weighted by atomic mass is 10.0. The summed E-state index contributed by atoms with van der Waals surface area (Å²) in [7, 11) is -2.69. The number of carbonyl (C=O) groups excluding carboxylic acids is 1. The highest BCUT2D eigenvalue weighted by molar-refractivity contribution is 7.90. The number of halogens is 1. The summed E-state index contributed by atoms with van der Waals surface area (Å²) in [5.74, 6) is -0.739. The maximum absolute atomic E-state index is 13.8. The standard InChI is InChI=1S/C25H23FN2O4S/c1-16(2)18-8-10-23(11-9-18)33(30,31)28-22(14-20-13-21(26)15-27-24(20)28)12-17-4-6-19(7-5-17)25(29)32-3/h4-11,13-16H,12H2,1-3H3. The number of nitrogens with zero attached hydrogens (tertiary/aromatic N) is 2. The lowest BCUT2D eigenvalue weighted by Crippen LogP contribution is -2.16. The highest BCUT2D eigenvalue weighted by Gasteiger charge is 2.24. The minimum Gasteiger partial charge on any atom is -0.465 e. The van der Waals surface area contributed by atoms with Crippen LogP contribution in [0.1, 0.15) is 46.9 Å². The Kier molecular flexibility index (Phi) is 6.03. The third-order valence-electron chi connectivity index (χ3n) is 5.48. The molecule has 0 unspecified atom stereocenters. The molecule has 8 heteroatoms. The maximum atomic E-state index is 13.8. The Balaban J connectivity index is 1.81. The second-order valence-electron chi connectivity index (χ2n) is 8.06. The highest BCUT2D eigenvalue weighted by atomic mass is 32.2. The number of hydrogen-bond acceptors (Lipinski definition) is 5. The number of hydrogen-bond donors (Lipinski definition) is 0. The van der Waals surface area contributed by atoms with Gasteiger partial charge >= 0.3 is 5.97 Å². The third-order valence-corrected chi connectivity index (χ3v) is 7.24. The number of rotatable bonds is 6. The van der Waals surface area contributed by atoms with Gasteiger partial charge in [-0.3, -0.25) is 0 Å². The Morgan fingerprint density at radius 3 is 2.33 bits per heavy atom. The molecule has 170 valence electrons. The van der Waals surface area contributed by atoms with Gasteiger partial charge in [-0.1, -0.05) is 38.1 Å². The lowest BCUT2D eigenvalue weighted by molar-refractivity contribution is 0.0600. The van der Waals surface area contributed by atoms with Gasteiger partial charge in [0, 0.05) is 17.5 Å². The van der Waals surface area contributed by atoms with E-state index in [2.05, 4.69) is 4.98 Å². The molecule has 0 fully saturated rings. The fourth-order valence-corrected chi connectivity index (χ4v) is 5.20. The first kappa shape index (κ1) is 22.7. The Morgan fingerprint density at radius 1 is 1.06 bits per heavy atom. The van der Waals surface area contributed by atoms with Gasteiger partial charge in [0.05, 0.1) is 23.8 Å². The summed E-state index contributed by atoms with van der Waals surface area (Å²) in [5, 5.41) is 0.388. The maximum Gasteiger partial charge on any atom is 0.337 e. The second-order valence-corrected chi connectivity index (χ2v) is 9.85. The van der Waals surface area contributed by atoms with Gasteiger partial charge in [-0.05, 0) is 53.4 Å². The van der Waals surface area contributed by atoms with Crippen molar-refractivity contribution in [1.29, 1.82) is 0 Å². The average Bonchev–Trinajstić information content (AvgIpc) is 3.16. The van der Waals surface area contributed by atoms with Gasteiger partial charge in [-0.2, -0.15) is 0 Å². The normalized spacial score (nSPS) is 11.8. The molecular formula is C25H23FN2O4S. The van der Waals surface area contributed by atoms with Crippen molar-refractivity contribution in [2.45, 2.75) is 31.1 Å².